The van der Waals surface area contributed by atoms with Crippen LogP contribution in [-0.4, -0.2) is 45.4 Å². The Balaban J connectivity index is 3.20. The summed E-state index contributed by atoms with van der Waals surface area (Å²) in [6, 6.07) is 0. The number of carbonyl (C=O) groups excluding carboxylic acids is 1. The molecule has 0 aromatic carbocycles. The fourth-order valence-corrected chi connectivity index (χ4v) is 1.48. The van der Waals surface area contributed by atoms with Crippen molar-refractivity contribution in [3.63, 3.8) is 0 Å². The number of hydrogen-bond acceptors (Lipinski definition) is 4. The number of amides is 1. The van der Waals surface area contributed by atoms with Crippen molar-refractivity contribution in [2.75, 3.05) is 39.5 Å². The lowest BCUT2D eigenvalue weighted by Crippen LogP contribution is -2.28. The van der Waals surface area contributed by atoms with Gasteiger partial charge in [-0.15, -0.1) is 0 Å². The highest BCUT2D eigenvalue weighted by Gasteiger charge is 1.99. The maximum absolute atomic E-state index is 11.2. The number of ether oxygens (including phenoxy) is 2. The summed E-state index contributed by atoms with van der Waals surface area (Å²) < 4.78 is 10.6. The molecule has 0 aromatic rings. The summed E-state index contributed by atoms with van der Waals surface area (Å²) in [7, 11) is 0. The highest BCUT2D eigenvalue weighted by atomic mass is 16.5. The van der Waals surface area contributed by atoms with Gasteiger partial charge < -0.3 is 20.1 Å². The van der Waals surface area contributed by atoms with Gasteiger partial charge in [0.25, 0.3) is 0 Å². The molecular weight excluding hydrogens is 256 g/mol. The fourth-order valence-electron chi connectivity index (χ4n) is 1.48. The van der Waals surface area contributed by atoms with Crippen LogP contribution in [-0.2, 0) is 14.3 Å². The summed E-state index contributed by atoms with van der Waals surface area (Å²) in [5, 5.41) is 5.97. The summed E-state index contributed by atoms with van der Waals surface area (Å²) in [6.07, 6.45) is 4.30. The second kappa shape index (κ2) is 14.3. The first-order valence-electron chi connectivity index (χ1n) is 7.54. The first kappa shape index (κ1) is 18.9. The Kier molecular flexibility index (Phi) is 13.6. The van der Waals surface area contributed by atoms with Crippen molar-refractivity contribution in [1.29, 1.82) is 0 Å². The second-order valence-electron chi connectivity index (χ2n) is 4.65. The van der Waals surface area contributed by atoms with E-state index in [4.69, 9.17) is 9.47 Å². The SMILES string of the molecule is C=C(CCCC)NCCOCCOCC(=O)NCCC. The molecule has 0 fully saturated rings. The van der Waals surface area contributed by atoms with Crippen LogP contribution < -0.4 is 10.6 Å². The number of carbonyl (C=O) groups is 1. The first-order valence-corrected chi connectivity index (χ1v) is 7.54. The van der Waals surface area contributed by atoms with Crippen LogP contribution in [0.3, 0.4) is 0 Å². The van der Waals surface area contributed by atoms with Crippen molar-refractivity contribution in [2.45, 2.75) is 39.5 Å². The molecule has 0 heterocycles. The zero-order chi connectivity index (χ0) is 15.1. The number of unbranched alkanes of at least 4 members (excludes halogenated alkanes) is 1. The minimum absolute atomic E-state index is 0.0688. The van der Waals surface area contributed by atoms with Gasteiger partial charge in [-0.25, -0.2) is 0 Å². The summed E-state index contributed by atoms with van der Waals surface area (Å²) >= 11 is 0. The summed E-state index contributed by atoms with van der Waals surface area (Å²) in [5.74, 6) is -0.0688. The molecule has 1 amide bonds. The summed E-state index contributed by atoms with van der Waals surface area (Å²) in [5.41, 5.74) is 1.07. The Bertz CT molecular complexity index is 232. The molecule has 0 aromatic heterocycles. The normalized spacial score (nSPS) is 10.3. The van der Waals surface area contributed by atoms with Crippen LogP contribution in [0.15, 0.2) is 12.3 Å². The van der Waals surface area contributed by atoms with Crippen molar-refractivity contribution in [2.24, 2.45) is 0 Å². The Morgan fingerprint density at radius 3 is 2.45 bits per heavy atom. The van der Waals surface area contributed by atoms with Crippen LogP contribution in [0.1, 0.15) is 39.5 Å². The molecule has 0 aliphatic rings. The zero-order valence-corrected chi connectivity index (χ0v) is 13.0. The van der Waals surface area contributed by atoms with Gasteiger partial charge in [0.15, 0.2) is 0 Å². The van der Waals surface area contributed by atoms with Gasteiger partial charge in [-0.05, 0) is 19.3 Å². The predicted octanol–water partition coefficient (Wildman–Crippen LogP) is 1.84. The van der Waals surface area contributed by atoms with E-state index in [1.54, 1.807) is 0 Å². The van der Waals surface area contributed by atoms with Gasteiger partial charge in [-0.1, -0.05) is 26.8 Å². The van der Waals surface area contributed by atoms with Crippen LogP contribution in [0.4, 0.5) is 0 Å². The summed E-state index contributed by atoms with van der Waals surface area (Å²) in [4.78, 5) is 11.2. The van der Waals surface area contributed by atoms with Gasteiger partial charge in [0.2, 0.25) is 5.91 Å². The second-order valence-corrected chi connectivity index (χ2v) is 4.65. The van der Waals surface area contributed by atoms with Gasteiger partial charge >= 0.3 is 0 Å². The van der Waals surface area contributed by atoms with Crippen molar-refractivity contribution in [3.05, 3.63) is 12.3 Å². The Morgan fingerprint density at radius 2 is 1.75 bits per heavy atom. The third-order valence-electron chi connectivity index (χ3n) is 2.63. The Hall–Kier alpha value is -1.07. The molecule has 0 bridgehead atoms. The standard InChI is InChI=1S/C15H30N2O3/c1-4-6-7-14(3)16-9-10-19-11-12-20-13-15(18)17-8-5-2/h16H,3-13H2,1-2H3,(H,17,18). The molecule has 0 unspecified atom stereocenters. The van der Waals surface area contributed by atoms with Crippen molar-refractivity contribution in [3.8, 4) is 0 Å². The van der Waals surface area contributed by atoms with E-state index < -0.39 is 0 Å². The number of rotatable bonds is 14. The van der Waals surface area contributed by atoms with Crippen molar-refractivity contribution < 1.29 is 14.3 Å². The van der Waals surface area contributed by atoms with Crippen LogP contribution >= 0.6 is 0 Å². The van der Waals surface area contributed by atoms with Crippen molar-refractivity contribution in [1.82, 2.24) is 10.6 Å². The Morgan fingerprint density at radius 1 is 1.00 bits per heavy atom. The molecule has 0 saturated carbocycles. The van der Waals surface area contributed by atoms with E-state index in [1.807, 2.05) is 6.92 Å². The van der Waals surface area contributed by atoms with Crippen LogP contribution in [0.2, 0.25) is 0 Å². The molecule has 5 nitrogen and oxygen atoms in total. The monoisotopic (exact) mass is 286 g/mol. The highest BCUT2D eigenvalue weighted by Crippen LogP contribution is 2.00. The molecule has 0 aliphatic heterocycles. The van der Waals surface area contributed by atoms with Gasteiger partial charge in [-0.2, -0.15) is 0 Å². The van der Waals surface area contributed by atoms with Gasteiger partial charge in [-0.3, -0.25) is 4.79 Å². The third-order valence-corrected chi connectivity index (χ3v) is 2.63. The Labute approximate surface area is 123 Å². The molecular formula is C15H30N2O3. The third kappa shape index (κ3) is 13.4. The maximum Gasteiger partial charge on any atom is 0.245 e. The van der Waals surface area contributed by atoms with Crippen LogP contribution in [0, 0.1) is 0 Å². The molecule has 0 rings (SSSR count). The zero-order valence-electron chi connectivity index (χ0n) is 13.0. The highest BCUT2D eigenvalue weighted by molar-refractivity contribution is 5.77. The van der Waals surface area contributed by atoms with Crippen molar-refractivity contribution >= 4 is 5.91 Å². The topological polar surface area (TPSA) is 59.6 Å². The molecule has 0 aliphatic carbocycles. The largest absolute Gasteiger partial charge is 0.387 e. The van der Waals surface area contributed by atoms with E-state index in [-0.39, 0.29) is 12.5 Å². The lowest BCUT2D eigenvalue weighted by Gasteiger charge is -2.09. The average Bonchev–Trinajstić information content (AvgIpc) is 2.45. The molecule has 118 valence electrons. The average molecular weight is 286 g/mol. The molecule has 0 radical (unpaired) electrons. The minimum Gasteiger partial charge on any atom is -0.387 e. The molecule has 2 N–H and O–H groups in total. The molecule has 20 heavy (non-hydrogen) atoms. The molecule has 0 spiro atoms. The predicted molar refractivity (Wildman–Crippen MR) is 81.6 cm³/mol. The van der Waals surface area contributed by atoms with Crippen LogP contribution in [0.5, 0.6) is 0 Å². The number of allylic oxidation sites excluding steroid dienone is 1. The number of hydrogen-bond donors (Lipinski definition) is 2. The minimum atomic E-state index is -0.0688. The van der Waals surface area contributed by atoms with E-state index in [0.29, 0.717) is 26.4 Å². The van der Waals surface area contributed by atoms with E-state index in [1.165, 1.54) is 12.8 Å². The quantitative estimate of drug-likeness (QED) is 0.478. The van der Waals surface area contributed by atoms with Gasteiger partial charge in [0.05, 0.1) is 19.8 Å². The van der Waals surface area contributed by atoms with E-state index in [9.17, 15) is 4.79 Å². The molecule has 0 atom stereocenters. The van der Waals surface area contributed by atoms with E-state index in [2.05, 4.69) is 24.1 Å². The lowest BCUT2D eigenvalue weighted by molar-refractivity contribution is -0.126. The van der Waals surface area contributed by atoms with Gasteiger partial charge in [0, 0.05) is 18.8 Å². The van der Waals surface area contributed by atoms with E-state index in [0.717, 1.165) is 25.1 Å². The smallest absolute Gasteiger partial charge is 0.245 e. The number of nitrogens with one attached hydrogen (secondary N) is 2. The van der Waals surface area contributed by atoms with Gasteiger partial charge in [0.1, 0.15) is 6.61 Å². The van der Waals surface area contributed by atoms with Crippen LogP contribution in [0.25, 0.3) is 0 Å². The maximum atomic E-state index is 11.2. The summed E-state index contributed by atoms with van der Waals surface area (Å²) in [6.45, 7) is 11.3. The lowest BCUT2D eigenvalue weighted by atomic mass is 10.2. The molecule has 0 saturated heterocycles. The van der Waals surface area contributed by atoms with E-state index >= 15 is 0 Å². The first-order chi connectivity index (χ1) is 9.70. The molecule has 5 heteroatoms. The fraction of sp³-hybridized carbons (Fsp3) is 0.800.